The molecular weight excluding hydrogens is 470 g/mol. The zero-order valence-corrected chi connectivity index (χ0v) is 21.3. The van der Waals surface area contributed by atoms with E-state index < -0.39 is 11.9 Å². The monoisotopic (exact) mass is 503 g/mol. The van der Waals surface area contributed by atoms with Crippen molar-refractivity contribution in [2.45, 2.75) is 57.8 Å². The van der Waals surface area contributed by atoms with Gasteiger partial charge in [0.15, 0.2) is 0 Å². The third-order valence-electron chi connectivity index (χ3n) is 7.41. The Morgan fingerprint density at radius 3 is 2.46 bits per heavy atom. The van der Waals surface area contributed by atoms with Crippen LogP contribution in [0.15, 0.2) is 47.3 Å². The number of nitrogens with one attached hydrogen (secondary N) is 2. The molecule has 0 bridgehead atoms. The van der Waals surface area contributed by atoms with E-state index >= 15 is 0 Å². The first-order chi connectivity index (χ1) is 17.9. The Hall–Kier alpha value is -3.56. The molecule has 2 aliphatic rings. The standard InChI is InChI=1S/C28H33N5O4/c1-18-30-23-5-3-4-22(26(23)28(36)33(18)24-10-11-25(34)31-27(24)35)29-16-19-6-8-20(9-7-19)17-32-14-12-21(37-2)13-15-32/h3-9,21,24,29H,10-17H2,1-2H3,(H,31,34,35). The highest BCUT2D eigenvalue weighted by Crippen LogP contribution is 2.24. The van der Waals surface area contributed by atoms with Crippen LogP contribution in [0.1, 0.15) is 48.7 Å². The van der Waals surface area contributed by atoms with E-state index in [0.29, 0.717) is 35.1 Å². The second-order valence-corrected chi connectivity index (χ2v) is 9.88. The average Bonchev–Trinajstić information content (AvgIpc) is 2.89. The molecule has 0 spiro atoms. The summed E-state index contributed by atoms with van der Waals surface area (Å²) in [5, 5.41) is 6.17. The van der Waals surface area contributed by atoms with E-state index in [1.54, 1.807) is 20.1 Å². The molecule has 9 nitrogen and oxygen atoms in total. The average molecular weight is 504 g/mol. The molecule has 0 aliphatic carbocycles. The molecule has 1 aromatic heterocycles. The van der Waals surface area contributed by atoms with Crippen LogP contribution in [0.25, 0.3) is 10.9 Å². The molecule has 2 saturated heterocycles. The van der Waals surface area contributed by atoms with Crippen molar-refractivity contribution in [2.24, 2.45) is 0 Å². The van der Waals surface area contributed by atoms with Gasteiger partial charge in [-0.1, -0.05) is 30.3 Å². The summed E-state index contributed by atoms with van der Waals surface area (Å²) in [7, 11) is 1.79. The minimum atomic E-state index is -0.747. The number of methoxy groups -OCH3 is 1. The number of hydrogen-bond donors (Lipinski definition) is 2. The number of aryl methyl sites for hydroxylation is 1. The number of likely N-dealkylation sites (tertiary alicyclic amines) is 1. The summed E-state index contributed by atoms with van der Waals surface area (Å²) in [5.41, 5.74) is 3.33. The van der Waals surface area contributed by atoms with Crippen molar-refractivity contribution in [2.75, 3.05) is 25.5 Å². The SMILES string of the molecule is COC1CCN(Cc2ccc(CNc3cccc4nc(C)n(C5CCC(=O)NC5=O)c(=O)c34)cc2)CC1. The highest BCUT2D eigenvalue weighted by atomic mass is 16.5. The molecule has 2 fully saturated rings. The maximum absolute atomic E-state index is 13.6. The van der Waals surface area contributed by atoms with Gasteiger partial charge in [0.25, 0.3) is 5.56 Å². The van der Waals surface area contributed by atoms with Crippen molar-refractivity contribution >= 4 is 28.4 Å². The number of piperidine rings is 2. The summed E-state index contributed by atoms with van der Waals surface area (Å²) in [6, 6.07) is 13.3. The lowest BCUT2D eigenvalue weighted by Crippen LogP contribution is -2.45. The molecule has 2 N–H and O–H groups in total. The van der Waals surface area contributed by atoms with Crippen molar-refractivity contribution in [3.8, 4) is 0 Å². The number of carbonyl (C=O) groups excluding carboxylic acids is 2. The maximum Gasteiger partial charge on any atom is 0.264 e. The fourth-order valence-electron chi connectivity index (χ4n) is 5.32. The molecule has 0 saturated carbocycles. The molecule has 194 valence electrons. The molecule has 5 rings (SSSR count). The lowest BCUT2D eigenvalue weighted by atomic mass is 10.0. The third-order valence-corrected chi connectivity index (χ3v) is 7.41. The molecule has 2 aliphatic heterocycles. The number of rotatable bonds is 7. The van der Waals surface area contributed by atoms with E-state index in [9.17, 15) is 14.4 Å². The predicted octanol–water partition coefficient (Wildman–Crippen LogP) is 2.91. The Morgan fingerprint density at radius 2 is 1.76 bits per heavy atom. The summed E-state index contributed by atoms with van der Waals surface area (Å²) in [5.74, 6) is -0.327. The maximum atomic E-state index is 13.6. The normalized spacial score (nSPS) is 19.2. The summed E-state index contributed by atoms with van der Waals surface area (Å²) in [6.45, 7) is 5.29. The molecule has 2 amide bonds. The van der Waals surface area contributed by atoms with Crippen molar-refractivity contribution < 1.29 is 14.3 Å². The summed E-state index contributed by atoms with van der Waals surface area (Å²) < 4.78 is 6.88. The minimum absolute atomic E-state index is 0.196. The van der Waals surface area contributed by atoms with Gasteiger partial charge in [0.1, 0.15) is 11.9 Å². The van der Waals surface area contributed by atoms with Crippen LogP contribution in [0.4, 0.5) is 5.69 Å². The van der Waals surface area contributed by atoms with Gasteiger partial charge >= 0.3 is 0 Å². The quantitative estimate of drug-likeness (QED) is 0.478. The number of carbonyl (C=O) groups is 2. The zero-order valence-electron chi connectivity index (χ0n) is 21.3. The number of benzene rings is 2. The number of nitrogens with zero attached hydrogens (tertiary/aromatic N) is 3. The molecule has 3 aromatic rings. The predicted molar refractivity (Wildman–Crippen MR) is 141 cm³/mol. The fourth-order valence-corrected chi connectivity index (χ4v) is 5.32. The van der Waals surface area contributed by atoms with Crippen LogP contribution in [0, 0.1) is 6.92 Å². The van der Waals surface area contributed by atoms with Gasteiger partial charge in [0.05, 0.1) is 17.0 Å². The number of ether oxygens (including phenoxy) is 1. The number of aromatic nitrogens is 2. The van der Waals surface area contributed by atoms with Crippen LogP contribution in [-0.4, -0.2) is 52.6 Å². The van der Waals surface area contributed by atoms with Gasteiger partial charge < -0.3 is 10.1 Å². The molecule has 1 atom stereocenters. The number of amides is 2. The van der Waals surface area contributed by atoms with Gasteiger partial charge in [-0.3, -0.25) is 29.2 Å². The third kappa shape index (κ3) is 5.42. The first-order valence-corrected chi connectivity index (χ1v) is 12.9. The lowest BCUT2D eigenvalue weighted by Gasteiger charge is -2.31. The highest BCUT2D eigenvalue weighted by Gasteiger charge is 2.30. The van der Waals surface area contributed by atoms with Crippen LogP contribution in [0.2, 0.25) is 0 Å². The van der Waals surface area contributed by atoms with E-state index in [0.717, 1.165) is 38.0 Å². The second-order valence-electron chi connectivity index (χ2n) is 9.88. The molecular formula is C28H33N5O4. The zero-order chi connectivity index (χ0) is 25.9. The van der Waals surface area contributed by atoms with Crippen molar-refractivity contribution in [1.82, 2.24) is 19.8 Å². The summed E-state index contributed by atoms with van der Waals surface area (Å²) >= 11 is 0. The smallest absolute Gasteiger partial charge is 0.264 e. The Morgan fingerprint density at radius 1 is 1.03 bits per heavy atom. The van der Waals surface area contributed by atoms with Gasteiger partial charge in [-0.15, -0.1) is 0 Å². The Balaban J connectivity index is 1.31. The molecule has 9 heteroatoms. The lowest BCUT2D eigenvalue weighted by molar-refractivity contribution is -0.135. The fraction of sp³-hybridized carbons (Fsp3) is 0.429. The van der Waals surface area contributed by atoms with Crippen LogP contribution in [0.3, 0.4) is 0 Å². The first kappa shape index (κ1) is 25.1. The topological polar surface area (TPSA) is 106 Å². The van der Waals surface area contributed by atoms with Gasteiger partial charge in [-0.2, -0.15) is 0 Å². The van der Waals surface area contributed by atoms with E-state index in [1.807, 2.05) is 12.1 Å². The molecule has 0 radical (unpaired) electrons. The van der Waals surface area contributed by atoms with Gasteiger partial charge in [-0.25, -0.2) is 4.98 Å². The van der Waals surface area contributed by atoms with E-state index in [4.69, 9.17) is 4.74 Å². The molecule has 37 heavy (non-hydrogen) atoms. The van der Waals surface area contributed by atoms with E-state index in [2.05, 4.69) is 44.8 Å². The van der Waals surface area contributed by atoms with Crippen molar-refractivity contribution in [1.29, 1.82) is 0 Å². The number of hydrogen-bond acceptors (Lipinski definition) is 7. The largest absolute Gasteiger partial charge is 0.381 e. The van der Waals surface area contributed by atoms with Gasteiger partial charge in [-0.05, 0) is 49.4 Å². The van der Waals surface area contributed by atoms with E-state index in [1.165, 1.54) is 10.1 Å². The van der Waals surface area contributed by atoms with Crippen LogP contribution < -0.4 is 16.2 Å². The van der Waals surface area contributed by atoms with Gasteiger partial charge in [0, 0.05) is 45.4 Å². The van der Waals surface area contributed by atoms with Crippen LogP contribution in [0.5, 0.6) is 0 Å². The minimum Gasteiger partial charge on any atom is -0.381 e. The number of anilines is 1. The molecule has 2 aromatic carbocycles. The molecule has 1 unspecified atom stereocenters. The Kier molecular flexibility index (Phi) is 7.34. The van der Waals surface area contributed by atoms with E-state index in [-0.39, 0.29) is 24.3 Å². The summed E-state index contributed by atoms with van der Waals surface area (Å²) in [4.78, 5) is 44.7. The Labute approximate surface area is 215 Å². The number of imide groups is 1. The van der Waals surface area contributed by atoms with Crippen LogP contribution in [-0.2, 0) is 27.4 Å². The second kappa shape index (κ2) is 10.8. The van der Waals surface area contributed by atoms with Crippen LogP contribution >= 0.6 is 0 Å². The summed E-state index contributed by atoms with van der Waals surface area (Å²) in [6.07, 6.45) is 3.00. The molecule has 3 heterocycles. The van der Waals surface area contributed by atoms with Crippen molar-refractivity contribution in [3.05, 3.63) is 69.8 Å². The Bertz CT molecular complexity index is 1360. The van der Waals surface area contributed by atoms with Crippen molar-refractivity contribution in [3.63, 3.8) is 0 Å². The number of fused-ring (bicyclic) bond motifs is 1. The highest BCUT2D eigenvalue weighted by molar-refractivity contribution is 5.99. The first-order valence-electron chi connectivity index (χ1n) is 12.9. The van der Waals surface area contributed by atoms with Gasteiger partial charge in [0.2, 0.25) is 11.8 Å².